The van der Waals surface area contributed by atoms with Crippen molar-refractivity contribution in [2.45, 2.75) is 38.0 Å². The highest BCUT2D eigenvalue weighted by atomic mass is 19.4. The van der Waals surface area contributed by atoms with Gasteiger partial charge in [-0.15, -0.1) is 0 Å². The van der Waals surface area contributed by atoms with Gasteiger partial charge in [0.1, 0.15) is 11.6 Å². The molecule has 0 radical (unpaired) electrons. The maximum atomic E-state index is 13.7. The van der Waals surface area contributed by atoms with E-state index in [1.807, 2.05) is 0 Å². The van der Waals surface area contributed by atoms with E-state index >= 15 is 0 Å². The molecule has 0 saturated carbocycles. The molecule has 2 aromatic heterocycles. The number of alkyl halides is 6. The smallest absolute Gasteiger partial charge is 0.396 e. The first-order chi connectivity index (χ1) is 20.0. The van der Waals surface area contributed by atoms with Gasteiger partial charge in [-0.05, 0) is 93.3 Å². The summed E-state index contributed by atoms with van der Waals surface area (Å²) in [5, 5.41) is 12.9. The second kappa shape index (κ2) is 12.2. The fourth-order valence-electron chi connectivity index (χ4n) is 5.13. The number of nitrogens with zero attached hydrogens (tertiary/aromatic N) is 4. The Balaban J connectivity index is 1.46. The van der Waals surface area contributed by atoms with E-state index in [0.29, 0.717) is 40.6 Å². The summed E-state index contributed by atoms with van der Waals surface area (Å²) in [6, 6.07) is 11.3. The summed E-state index contributed by atoms with van der Waals surface area (Å²) in [5.41, 5.74) is -0.900. The lowest BCUT2D eigenvalue weighted by molar-refractivity contribution is -0.138. The number of hydrogen-bond donors (Lipinski definition) is 2. The lowest BCUT2D eigenvalue weighted by Gasteiger charge is -2.30. The van der Waals surface area contributed by atoms with Gasteiger partial charge in [-0.1, -0.05) is 6.07 Å². The number of aliphatic hydroxyl groups excluding tert-OH is 1. The van der Waals surface area contributed by atoms with Gasteiger partial charge in [-0.3, -0.25) is 4.98 Å². The van der Waals surface area contributed by atoms with E-state index in [4.69, 9.17) is 0 Å². The van der Waals surface area contributed by atoms with E-state index < -0.39 is 23.5 Å². The van der Waals surface area contributed by atoms with Crippen molar-refractivity contribution in [2.24, 2.45) is 5.92 Å². The van der Waals surface area contributed by atoms with Gasteiger partial charge in [0.2, 0.25) is 0 Å². The predicted molar refractivity (Wildman–Crippen MR) is 147 cm³/mol. The number of fused-ring (bicyclic) bond motifs is 1. The first-order valence-electron chi connectivity index (χ1n) is 13.6. The molecule has 222 valence electrons. The third kappa shape index (κ3) is 6.99. The van der Waals surface area contributed by atoms with Crippen molar-refractivity contribution < 1.29 is 31.4 Å². The van der Waals surface area contributed by atoms with Gasteiger partial charge in [-0.2, -0.15) is 26.3 Å². The monoisotopic (exact) mass is 589 g/mol. The molecule has 4 aromatic rings. The summed E-state index contributed by atoms with van der Waals surface area (Å²) < 4.78 is 80.2. The van der Waals surface area contributed by atoms with E-state index in [1.165, 1.54) is 36.5 Å². The Hall–Kier alpha value is -3.77. The molecular weight excluding hydrogens is 560 g/mol. The lowest BCUT2D eigenvalue weighted by atomic mass is 9.98. The Morgan fingerprint density at radius 3 is 2.31 bits per heavy atom. The Morgan fingerprint density at radius 1 is 0.905 bits per heavy atom. The zero-order valence-electron chi connectivity index (χ0n) is 22.5. The fourth-order valence-corrected chi connectivity index (χ4v) is 5.13. The Kier molecular flexibility index (Phi) is 8.65. The molecule has 0 amide bonds. The topological polar surface area (TPSA) is 74.2 Å². The van der Waals surface area contributed by atoms with Crippen molar-refractivity contribution in [3.05, 3.63) is 77.7 Å². The first kappa shape index (κ1) is 29.7. The van der Waals surface area contributed by atoms with E-state index in [2.05, 4.69) is 25.2 Å². The minimum absolute atomic E-state index is 0.193. The molecule has 0 unspecified atom stereocenters. The average Bonchev–Trinajstić information content (AvgIpc) is 2.96. The quantitative estimate of drug-likeness (QED) is 0.214. The molecule has 6 nitrogen and oxygen atoms in total. The van der Waals surface area contributed by atoms with Crippen LogP contribution in [0.3, 0.4) is 0 Å². The molecule has 0 bridgehead atoms. The van der Waals surface area contributed by atoms with Crippen LogP contribution in [0, 0.1) is 5.92 Å². The van der Waals surface area contributed by atoms with Gasteiger partial charge in [0.25, 0.3) is 0 Å². The number of aryl methyl sites for hydroxylation is 1. The molecule has 3 heterocycles. The van der Waals surface area contributed by atoms with Crippen LogP contribution in [0.2, 0.25) is 0 Å². The van der Waals surface area contributed by atoms with Crippen LogP contribution in [-0.2, 0) is 18.8 Å². The molecule has 1 aliphatic heterocycles. The normalized spacial score (nSPS) is 15.3. The van der Waals surface area contributed by atoms with Gasteiger partial charge >= 0.3 is 12.4 Å². The lowest BCUT2D eigenvalue weighted by Crippen LogP contribution is -2.35. The number of pyridine rings is 1. The highest BCUT2D eigenvalue weighted by Gasteiger charge is 2.34. The van der Waals surface area contributed by atoms with Crippen LogP contribution in [-0.4, -0.2) is 51.2 Å². The minimum atomic E-state index is -4.60. The van der Waals surface area contributed by atoms with Crippen LogP contribution in [0.15, 0.2) is 60.8 Å². The molecular formula is C30H29F6N5O. The fraction of sp³-hybridized carbons (Fsp3) is 0.367. The maximum Gasteiger partial charge on any atom is 0.418 e. The number of aromatic nitrogens is 3. The van der Waals surface area contributed by atoms with Crippen molar-refractivity contribution in [1.82, 2.24) is 19.9 Å². The number of anilines is 2. The standard InChI is InChI=1S/C30H29F6N5O/c31-29(32,33)21-6-8-22(9-7-21)38-28-23-10-5-20(27-24(30(34,35)36)3-1-13-37-27)17-25(23)39-26(40-28)4-2-14-41-15-11-19(18-42)12-16-41/h1,3,5-10,13,17,19,42H,2,4,11-12,14-16,18H2,(H,38,39,40). The van der Waals surface area contributed by atoms with E-state index in [1.54, 1.807) is 6.07 Å². The van der Waals surface area contributed by atoms with Gasteiger partial charge in [0.05, 0.1) is 22.3 Å². The SMILES string of the molecule is OCC1CCN(CCCc2nc(Nc3ccc(C(F)(F)F)cc3)c3ccc(-c4ncccc4C(F)(F)F)cc3n2)CC1. The van der Waals surface area contributed by atoms with Crippen LogP contribution in [0.4, 0.5) is 37.8 Å². The number of nitrogens with one attached hydrogen (secondary N) is 1. The maximum absolute atomic E-state index is 13.7. The molecule has 2 N–H and O–H groups in total. The number of halogens is 6. The Morgan fingerprint density at radius 2 is 1.64 bits per heavy atom. The molecule has 0 aliphatic carbocycles. The molecule has 0 spiro atoms. The molecule has 0 atom stereocenters. The van der Waals surface area contributed by atoms with Gasteiger partial charge in [0, 0.05) is 35.9 Å². The Bertz CT molecular complexity index is 1520. The largest absolute Gasteiger partial charge is 0.418 e. The number of benzene rings is 2. The van der Waals surface area contributed by atoms with Gasteiger partial charge < -0.3 is 15.3 Å². The second-order valence-corrected chi connectivity index (χ2v) is 10.4. The number of rotatable bonds is 8. The first-order valence-corrected chi connectivity index (χ1v) is 13.6. The Labute approximate surface area is 238 Å². The molecule has 1 saturated heterocycles. The summed E-state index contributed by atoms with van der Waals surface area (Å²) in [6.07, 6.45) is -4.71. The second-order valence-electron chi connectivity index (χ2n) is 10.4. The number of likely N-dealkylation sites (tertiary alicyclic amines) is 1. The van der Waals surface area contributed by atoms with Gasteiger partial charge in [-0.25, -0.2) is 9.97 Å². The van der Waals surface area contributed by atoms with Crippen LogP contribution in [0.1, 0.15) is 36.2 Å². The van der Waals surface area contributed by atoms with Crippen molar-refractivity contribution in [3.8, 4) is 11.3 Å². The van der Waals surface area contributed by atoms with Crippen molar-refractivity contribution in [2.75, 3.05) is 31.6 Å². The average molecular weight is 590 g/mol. The summed E-state index contributed by atoms with van der Waals surface area (Å²) in [4.78, 5) is 15.6. The van der Waals surface area contributed by atoms with E-state index in [0.717, 1.165) is 57.1 Å². The number of aliphatic hydroxyl groups is 1. The van der Waals surface area contributed by atoms with Crippen molar-refractivity contribution >= 4 is 22.4 Å². The predicted octanol–water partition coefficient (Wildman–Crippen LogP) is 7.11. The highest BCUT2D eigenvalue weighted by molar-refractivity contribution is 5.93. The van der Waals surface area contributed by atoms with Crippen LogP contribution >= 0.6 is 0 Å². The minimum Gasteiger partial charge on any atom is -0.396 e. The van der Waals surface area contributed by atoms with Gasteiger partial charge in [0.15, 0.2) is 0 Å². The van der Waals surface area contributed by atoms with Crippen molar-refractivity contribution in [3.63, 3.8) is 0 Å². The third-order valence-electron chi connectivity index (χ3n) is 7.44. The summed E-state index contributed by atoms with van der Waals surface area (Å²) in [5.74, 6) is 1.12. The third-order valence-corrected chi connectivity index (χ3v) is 7.44. The molecule has 1 fully saturated rings. The zero-order valence-corrected chi connectivity index (χ0v) is 22.5. The molecule has 1 aliphatic rings. The van der Waals surface area contributed by atoms with E-state index in [-0.39, 0.29) is 17.9 Å². The summed E-state index contributed by atoms with van der Waals surface area (Å²) in [7, 11) is 0. The highest BCUT2D eigenvalue weighted by Crippen LogP contribution is 2.37. The summed E-state index contributed by atoms with van der Waals surface area (Å²) in [6.45, 7) is 2.77. The molecule has 12 heteroatoms. The van der Waals surface area contributed by atoms with Crippen LogP contribution in [0.5, 0.6) is 0 Å². The molecule has 5 rings (SSSR count). The number of piperidine rings is 1. The van der Waals surface area contributed by atoms with Crippen LogP contribution < -0.4 is 5.32 Å². The molecule has 2 aromatic carbocycles. The zero-order chi connectivity index (χ0) is 29.9. The molecule has 42 heavy (non-hydrogen) atoms. The van der Waals surface area contributed by atoms with Crippen molar-refractivity contribution in [1.29, 1.82) is 0 Å². The number of hydrogen-bond acceptors (Lipinski definition) is 6. The van der Waals surface area contributed by atoms with E-state index in [9.17, 15) is 31.4 Å². The summed E-state index contributed by atoms with van der Waals surface area (Å²) >= 11 is 0. The van der Waals surface area contributed by atoms with Crippen LogP contribution in [0.25, 0.3) is 22.2 Å².